The number of nitrogens with one attached hydrogen (secondary N) is 2. The molecule has 0 radical (unpaired) electrons. The fourth-order valence-electron chi connectivity index (χ4n) is 1.99. The van der Waals surface area contributed by atoms with Crippen LogP contribution in [0.5, 0.6) is 0 Å². The zero-order valence-corrected chi connectivity index (χ0v) is 12.2. The smallest absolute Gasteiger partial charge is 0.324 e. The second-order valence-corrected chi connectivity index (χ2v) is 5.60. The Labute approximate surface area is 127 Å². The molecule has 3 rings (SSSR count). The zero-order valence-electron chi connectivity index (χ0n) is 11.4. The second kappa shape index (κ2) is 6.69. The Morgan fingerprint density at radius 2 is 2.10 bits per heavy atom. The van der Waals surface area contributed by atoms with Crippen LogP contribution in [0.25, 0.3) is 0 Å². The van der Waals surface area contributed by atoms with E-state index in [-0.39, 0.29) is 12.0 Å². The largest absolute Gasteiger partial charge is 0.467 e. The molecule has 2 N–H and O–H groups in total. The van der Waals surface area contributed by atoms with Gasteiger partial charge in [-0.1, -0.05) is 0 Å². The Morgan fingerprint density at radius 1 is 1.24 bits per heavy atom. The van der Waals surface area contributed by atoms with Crippen molar-refractivity contribution in [1.29, 1.82) is 0 Å². The lowest BCUT2D eigenvalue weighted by Gasteiger charge is -2.09. The molecule has 1 aromatic carbocycles. The number of hydrogen-bond acceptors (Lipinski definition) is 6. The van der Waals surface area contributed by atoms with Crippen molar-refractivity contribution in [2.24, 2.45) is 0 Å². The molecule has 0 saturated carbocycles. The highest BCUT2D eigenvalue weighted by atomic mass is 32.2. The number of carbonyl (C=O) groups is 1. The molecule has 0 amide bonds. The third-order valence-electron chi connectivity index (χ3n) is 3.16. The first-order valence-corrected chi connectivity index (χ1v) is 7.58. The summed E-state index contributed by atoms with van der Waals surface area (Å²) >= 11 is 1.45. The fourth-order valence-corrected chi connectivity index (χ4v) is 2.75. The first kappa shape index (κ1) is 14.0. The first-order chi connectivity index (χ1) is 10.3. The molecule has 2 aromatic rings. The Morgan fingerprint density at radius 3 is 2.76 bits per heavy atom. The third kappa shape index (κ3) is 3.80. The number of ether oxygens (including phenoxy) is 1. The SMILES string of the molecule is O=C1OCCC1NSc1ccc(NCc2ccco2)cc1. The van der Waals surface area contributed by atoms with Crippen LogP contribution in [0.3, 0.4) is 0 Å². The minimum absolute atomic E-state index is 0.167. The van der Waals surface area contributed by atoms with Crippen molar-refractivity contribution in [1.82, 2.24) is 4.72 Å². The molecule has 1 atom stereocenters. The molecule has 1 aliphatic rings. The quantitative estimate of drug-likeness (QED) is 0.632. The van der Waals surface area contributed by atoms with Gasteiger partial charge in [0, 0.05) is 17.0 Å². The van der Waals surface area contributed by atoms with Gasteiger partial charge in [0.2, 0.25) is 0 Å². The predicted octanol–water partition coefficient (Wildman–Crippen LogP) is 2.80. The molecule has 1 aromatic heterocycles. The third-order valence-corrected chi connectivity index (χ3v) is 4.07. The van der Waals surface area contributed by atoms with Gasteiger partial charge in [-0.15, -0.1) is 0 Å². The van der Waals surface area contributed by atoms with E-state index in [1.54, 1.807) is 6.26 Å². The molecule has 21 heavy (non-hydrogen) atoms. The van der Waals surface area contributed by atoms with Crippen molar-refractivity contribution in [2.45, 2.75) is 23.9 Å². The molecular formula is C15H16N2O3S. The highest BCUT2D eigenvalue weighted by molar-refractivity contribution is 7.97. The summed E-state index contributed by atoms with van der Waals surface area (Å²) in [7, 11) is 0. The van der Waals surface area contributed by atoms with Gasteiger partial charge >= 0.3 is 5.97 Å². The number of esters is 1. The summed E-state index contributed by atoms with van der Waals surface area (Å²) in [6.07, 6.45) is 2.39. The maximum atomic E-state index is 11.3. The molecule has 6 heteroatoms. The normalized spacial score (nSPS) is 17.7. The zero-order chi connectivity index (χ0) is 14.5. The molecule has 1 fully saturated rings. The number of furan rings is 1. The monoisotopic (exact) mass is 304 g/mol. The Kier molecular flexibility index (Phi) is 4.47. The highest BCUT2D eigenvalue weighted by Crippen LogP contribution is 2.20. The van der Waals surface area contributed by atoms with Crippen LogP contribution in [-0.2, 0) is 16.1 Å². The van der Waals surface area contributed by atoms with E-state index in [4.69, 9.17) is 9.15 Å². The van der Waals surface area contributed by atoms with Gasteiger partial charge in [-0.2, -0.15) is 0 Å². The summed E-state index contributed by atoms with van der Waals surface area (Å²) in [5.41, 5.74) is 1.02. The van der Waals surface area contributed by atoms with E-state index in [0.717, 1.165) is 22.8 Å². The summed E-state index contributed by atoms with van der Waals surface area (Å²) in [5.74, 6) is 0.731. The lowest BCUT2D eigenvalue weighted by molar-refractivity contribution is -0.139. The van der Waals surface area contributed by atoms with Crippen LogP contribution in [0.15, 0.2) is 52.0 Å². The van der Waals surface area contributed by atoms with Gasteiger partial charge in [-0.05, 0) is 48.3 Å². The highest BCUT2D eigenvalue weighted by Gasteiger charge is 2.25. The lowest BCUT2D eigenvalue weighted by atomic mass is 10.3. The summed E-state index contributed by atoms with van der Waals surface area (Å²) in [6.45, 7) is 1.17. The van der Waals surface area contributed by atoms with Crippen molar-refractivity contribution in [3.8, 4) is 0 Å². The average molecular weight is 304 g/mol. The molecule has 0 aliphatic carbocycles. The van der Waals surface area contributed by atoms with Crippen LogP contribution in [0.2, 0.25) is 0 Å². The summed E-state index contributed by atoms with van der Waals surface area (Å²) in [6, 6.07) is 11.6. The molecule has 1 aliphatic heterocycles. The van der Waals surface area contributed by atoms with Crippen molar-refractivity contribution >= 4 is 23.6 Å². The van der Waals surface area contributed by atoms with Gasteiger partial charge in [0.1, 0.15) is 11.8 Å². The molecule has 1 unspecified atom stereocenters. The van der Waals surface area contributed by atoms with E-state index < -0.39 is 0 Å². The van der Waals surface area contributed by atoms with Gasteiger partial charge in [0.05, 0.1) is 19.4 Å². The van der Waals surface area contributed by atoms with Crippen LogP contribution in [0.1, 0.15) is 12.2 Å². The number of rotatable bonds is 6. The molecule has 2 heterocycles. The Balaban J connectivity index is 1.48. The van der Waals surface area contributed by atoms with E-state index in [9.17, 15) is 4.79 Å². The van der Waals surface area contributed by atoms with Gasteiger partial charge in [-0.3, -0.25) is 4.79 Å². The van der Waals surface area contributed by atoms with E-state index in [2.05, 4.69) is 10.0 Å². The Bertz CT molecular complexity index is 583. The lowest BCUT2D eigenvalue weighted by Crippen LogP contribution is -2.27. The minimum atomic E-state index is -0.202. The minimum Gasteiger partial charge on any atom is -0.467 e. The standard InChI is InChI=1S/C15H16N2O3S/c18-15-14(7-9-20-15)17-21-13-5-3-11(4-6-13)16-10-12-2-1-8-19-12/h1-6,8,14,16-17H,7,9-10H2. The molecule has 0 bridgehead atoms. The van der Waals surface area contributed by atoms with Crippen LogP contribution in [0, 0.1) is 0 Å². The maximum Gasteiger partial charge on any atom is 0.324 e. The summed E-state index contributed by atoms with van der Waals surface area (Å²) in [4.78, 5) is 12.4. The van der Waals surface area contributed by atoms with Crippen LogP contribution >= 0.6 is 11.9 Å². The number of cyclic esters (lactones) is 1. The number of hydrogen-bond donors (Lipinski definition) is 2. The van der Waals surface area contributed by atoms with Crippen LogP contribution < -0.4 is 10.0 Å². The number of anilines is 1. The fraction of sp³-hybridized carbons (Fsp3) is 0.267. The van der Waals surface area contributed by atoms with Crippen molar-refractivity contribution < 1.29 is 13.9 Å². The van der Waals surface area contributed by atoms with Crippen LogP contribution in [-0.4, -0.2) is 18.6 Å². The van der Waals surface area contributed by atoms with Gasteiger partial charge in [0.25, 0.3) is 0 Å². The Hall–Kier alpha value is -1.92. The van der Waals surface area contributed by atoms with Crippen molar-refractivity contribution in [2.75, 3.05) is 11.9 Å². The van der Waals surface area contributed by atoms with E-state index in [1.165, 1.54) is 11.9 Å². The van der Waals surface area contributed by atoms with E-state index in [0.29, 0.717) is 13.2 Å². The number of benzene rings is 1. The van der Waals surface area contributed by atoms with Gasteiger partial charge in [0.15, 0.2) is 0 Å². The predicted molar refractivity (Wildman–Crippen MR) is 80.8 cm³/mol. The maximum absolute atomic E-state index is 11.3. The molecule has 1 saturated heterocycles. The molecular weight excluding hydrogens is 288 g/mol. The molecule has 5 nitrogen and oxygen atoms in total. The van der Waals surface area contributed by atoms with Crippen molar-refractivity contribution in [3.63, 3.8) is 0 Å². The first-order valence-electron chi connectivity index (χ1n) is 6.76. The van der Waals surface area contributed by atoms with Crippen molar-refractivity contribution in [3.05, 3.63) is 48.4 Å². The topological polar surface area (TPSA) is 63.5 Å². The van der Waals surface area contributed by atoms with E-state index >= 15 is 0 Å². The van der Waals surface area contributed by atoms with Gasteiger partial charge < -0.3 is 14.5 Å². The van der Waals surface area contributed by atoms with E-state index in [1.807, 2.05) is 36.4 Å². The number of carbonyl (C=O) groups excluding carboxylic acids is 1. The molecule has 110 valence electrons. The summed E-state index contributed by atoms with van der Waals surface area (Å²) in [5, 5.41) is 3.28. The van der Waals surface area contributed by atoms with Crippen LogP contribution in [0.4, 0.5) is 5.69 Å². The summed E-state index contributed by atoms with van der Waals surface area (Å²) < 4.78 is 13.3. The second-order valence-electron chi connectivity index (χ2n) is 4.69. The van der Waals surface area contributed by atoms with Gasteiger partial charge in [-0.25, -0.2) is 4.72 Å². The molecule has 0 spiro atoms. The average Bonchev–Trinajstić information content (AvgIpc) is 3.16.